The van der Waals surface area contributed by atoms with Crippen LogP contribution in [0, 0.1) is 5.92 Å². The van der Waals surface area contributed by atoms with Crippen LogP contribution in [0.4, 0.5) is 5.95 Å². The summed E-state index contributed by atoms with van der Waals surface area (Å²) >= 11 is 5.99. The van der Waals surface area contributed by atoms with Crippen molar-refractivity contribution >= 4 is 17.5 Å². The summed E-state index contributed by atoms with van der Waals surface area (Å²) in [7, 11) is 0. The number of nitrogens with zero attached hydrogens (tertiary/aromatic N) is 4. The Morgan fingerprint density at radius 2 is 2.00 bits per heavy atom. The lowest BCUT2D eigenvalue weighted by atomic mass is 10.1. The molecule has 1 aromatic carbocycles. The third-order valence-corrected chi connectivity index (χ3v) is 3.12. The number of nitrogens with one attached hydrogen (secondary N) is 1. The SMILES string of the molecule is CC(C)CC(CCl)Nc1nnnn1-c1ccccc1. The Bertz CT molecular complexity index is 497. The van der Waals surface area contributed by atoms with Gasteiger partial charge in [-0.1, -0.05) is 37.1 Å². The summed E-state index contributed by atoms with van der Waals surface area (Å²) in [6.45, 7) is 4.34. The lowest BCUT2D eigenvalue weighted by Crippen LogP contribution is -2.25. The largest absolute Gasteiger partial charge is 0.349 e. The molecule has 0 amide bonds. The lowest BCUT2D eigenvalue weighted by molar-refractivity contribution is 0.539. The van der Waals surface area contributed by atoms with E-state index in [0.29, 0.717) is 17.7 Å². The molecular weight excluding hydrogens is 262 g/mol. The topological polar surface area (TPSA) is 55.6 Å². The Morgan fingerprint density at radius 3 is 2.63 bits per heavy atom. The Balaban J connectivity index is 2.16. The summed E-state index contributed by atoms with van der Waals surface area (Å²) in [6.07, 6.45) is 0.977. The van der Waals surface area contributed by atoms with Crippen LogP contribution in [0.15, 0.2) is 30.3 Å². The second-order valence-corrected chi connectivity index (χ2v) is 5.18. The zero-order valence-electron chi connectivity index (χ0n) is 11.1. The van der Waals surface area contributed by atoms with Gasteiger partial charge in [0.25, 0.3) is 0 Å². The maximum atomic E-state index is 5.99. The minimum Gasteiger partial charge on any atom is -0.349 e. The molecule has 2 aromatic rings. The van der Waals surface area contributed by atoms with Gasteiger partial charge in [-0.15, -0.1) is 11.6 Å². The highest BCUT2D eigenvalue weighted by molar-refractivity contribution is 6.18. The van der Waals surface area contributed by atoms with E-state index >= 15 is 0 Å². The first-order chi connectivity index (χ1) is 9.20. The number of aromatic nitrogens is 4. The number of para-hydroxylation sites is 1. The molecule has 0 aliphatic carbocycles. The van der Waals surface area contributed by atoms with Crippen LogP contribution in [0.1, 0.15) is 20.3 Å². The van der Waals surface area contributed by atoms with Crippen LogP contribution in [0.5, 0.6) is 0 Å². The van der Waals surface area contributed by atoms with Crippen LogP contribution in [0.25, 0.3) is 5.69 Å². The van der Waals surface area contributed by atoms with Gasteiger partial charge in [-0.3, -0.25) is 0 Å². The number of tetrazole rings is 1. The van der Waals surface area contributed by atoms with Crippen LogP contribution in [0.3, 0.4) is 0 Å². The van der Waals surface area contributed by atoms with Gasteiger partial charge in [0.1, 0.15) is 0 Å². The van der Waals surface area contributed by atoms with Gasteiger partial charge in [-0.05, 0) is 34.9 Å². The van der Waals surface area contributed by atoms with Crippen molar-refractivity contribution in [3.05, 3.63) is 30.3 Å². The zero-order chi connectivity index (χ0) is 13.7. The van der Waals surface area contributed by atoms with Gasteiger partial charge >= 0.3 is 0 Å². The molecule has 19 heavy (non-hydrogen) atoms. The molecule has 1 aromatic heterocycles. The van der Waals surface area contributed by atoms with Gasteiger partial charge in [0.2, 0.25) is 5.95 Å². The first-order valence-electron chi connectivity index (χ1n) is 6.37. The summed E-state index contributed by atoms with van der Waals surface area (Å²) < 4.78 is 1.68. The van der Waals surface area contributed by atoms with Crippen molar-refractivity contribution < 1.29 is 0 Å². The van der Waals surface area contributed by atoms with Crippen molar-refractivity contribution in [2.75, 3.05) is 11.2 Å². The summed E-state index contributed by atoms with van der Waals surface area (Å²) in [5.74, 6) is 1.72. The molecule has 6 heteroatoms. The Kier molecular flexibility index (Phi) is 4.74. The van der Waals surface area contributed by atoms with Crippen molar-refractivity contribution in [2.24, 2.45) is 5.92 Å². The summed E-state index contributed by atoms with van der Waals surface area (Å²) in [4.78, 5) is 0. The van der Waals surface area contributed by atoms with E-state index in [9.17, 15) is 0 Å². The third kappa shape index (κ3) is 3.67. The molecule has 1 unspecified atom stereocenters. The highest BCUT2D eigenvalue weighted by Crippen LogP contribution is 2.15. The van der Waals surface area contributed by atoms with Gasteiger partial charge in [0.15, 0.2) is 0 Å². The van der Waals surface area contributed by atoms with E-state index in [-0.39, 0.29) is 6.04 Å². The molecule has 0 aliphatic rings. The first-order valence-corrected chi connectivity index (χ1v) is 6.90. The van der Waals surface area contributed by atoms with Crippen molar-refractivity contribution in [1.29, 1.82) is 0 Å². The second-order valence-electron chi connectivity index (χ2n) is 4.87. The number of alkyl halides is 1. The summed E-state index contributed by atoms with van der Waals surface area (Å²) in [5.41, 5.74) is 0.924. The molecule has 1 atom stereocenters. The fourth-order valence-electron chi connectivity index (χ4n) is 1.93. The van der Waals surface area contributed by atoms with Gasteiger partial charge in [0.05, 0.1) is 5.69 Å². The van der Waals surface area contributed by atoms with Crippen LogP contribution < -0.4 is 5.32 Å². The van der Waals surface area contributed by atoms with Gasteiger partial charge in [0, 0.05) is 11.9 Å². The zero-order valence-corrected chi connectivity index (χ0v) is 11.9. The van der Waals surface area contributed by atoms with Crippen LogP contribution in [-0.2, 0) is 0 Å². The second kappa shape index (κ2) is 6.52. The number of halogens is 1. The van der Waals surface area contributed by atoms with E-state index in [1.807, 2.05) is 30.3 Å². The Labute approximate surface area is 118 Å². The number of rotatable bonds is 6. The molecule has 102 valence electrons. The Morgan fingerprint density at radius 1 is 1.26 bits per heavy atom. The van der Waals surface area contributed by atoms with Crippen molar-refractivity contribution in [2.45, 2.75) is 26.3 Å². The fourth-order valence-corrected chi connectivity index (χ4v) is 2.14. The standard InChI is InChI=1S/C13H18ClN5/c1-10(2)8-11(9-14)15-13-16-17-18-19(13)12-6-4-3-5-7-12/h3-7,10-11H,8-9H2,1-2H3,(H,15,16,18). The molecule has 0 saturated heterocycles. The van der Waals surface area contributed by atoms with E-state index in [1.165, 1.54) is 0 Å². The first kappa shape index (κ1) is 13.8. The monoisotopic (exact) mass is 279 g/mol. The smallest absolute Gasteiger partial charge is 0.248 e. The molecule has 0 bridgehead atoms. The molecule has 0 aliphatic heterocycles. The minimum absolute atomic E-state index is 0.162. The van der Waals surface area contributed by atoms with E-state index in [4.69, 9.17) is 11.6 Å². The molecule has 1 N–H and O–H groups in total. The van der Waals surface area contributed by atoms with Gasteiger partial charge in [-0.25, -0.2) is 0 Å². The van der Waals surface area contributed by atoms with E-state index in [2.05, 4.69) is 34.7 Å². The molecule has 0 radical (unpaired) electrons. The number of hydrogen-bond donors (Lipinski definition) is 1. The highest BCUT2D eigenvalue weighted by atomic mass is 35.5. The summed E-state index contributed by atoms with van der Waals surface area (Å²) in [5, 5.41) is 15.0. The van der Waals surface area contributed by atoms with Gasteiger partial charge in [-0.2, -0.15) is 4.68 Å². The Hall–Kier alpha value is -1.62. The quantitative estimate of drug-likeness (QED) is 0.826. The summed E-state index contributed by atoms with van der Waals surface area (Å²) in [6, 6.07) is 9.94. The maximum absolute atomic E-state index is 5.99. The van der Waals surface area contributed by atoms with E-state index < -0.39 is 0 Å². The number of benzene rings is 1. The van der Waals surface area contributed by atoms with Crippen molar-refractivity contribution in [1.82, 2.24) is 20.2 Å². The molecule has 1 heterocycles. The molecular formula is C13H18ClN5. The molecule has 0 fully saturated rings. The lowest BCUT2D eigenvalue weighted by Gasteiger charge is -2.18. The normalized spacial score (nSPS) is 12.6. The van der Waals surface area contributed by atoms with Crippen molar-refractivity contribution in [3.63, 3.8) is 0 Å². The molecule has 2 rings (SSSR count). The van der Waals surface area contributed by atoms with Crippen LogP contribution >= 0.6 is 11.6 Å². The fraction of sp³-hybridized carbons (Fsp3) is 0.462. The predicted molar refractivity (Wildman–Crippen MR) is 76.7 cm³/mol. The maximum Gasteiger partial charge on any atom is 0.248 e. The number of hydrogen-bond acceptors (Lipinski definition) is 4. The minimum atomic E-state index is 0.162. The van der Waals surface area contributed by atoms with Crippen LogP contribution in [-0.4, -0.2) is 32.1 Å². The average molecular weight is 280 g/mol. The molecule has 0 saturated carbocycles. The van der Waals surface area contributed by atoms with E-state index in [1.54, 1.807) is 4.68 Å². The average Bonchev–Trinajstić information content (AvgIpc) is 2.86. The van der Waals surface area contributed by atoms with Gasteiger partial charge < -0.3 is 5.32 Å². The van der Waals surface area contributed by atoms with Crippen molar-refractivity contribution in [3.8, 4) is 5.69 Å². The third-order valence-electron chi connectivity index (χ3n) is 2.75. The molecule has 0 spiro atoms. The van der Waals surface area contributed by atoms with E-state index in [0.717, 1.165) is 12.1 Å². The molecule has 5 nitrogen and oxygen atoms in total. The highest BCUT2D eigenvalue weighted by Gasteiger charge is 2.14. The van der Waals surface area contributed by atoms with Crippen LogP contribution in [0.2, 0.25) is 0 Å². The predicted octanol–water partition coefficient (Wildman–Crippen LogP) is 2.73. The number of anilines is 1.